The van der Waals surface area contributed by atoms with Crippen molar-refractivity contribution in [3.05, 3.63) is 30.1 Å². The van der Waals surface area contributed by atoms with Gasteiger partial charge in [0.1, 0.15) is 0 Å². The minimum absolute atomic E-state index is 0.291. The Bertz CT molecular complexity index is 471. The molecule has 4 aliphatic rings. The maximum atomic E-state index is 12.6. The summed E-state index contributed by atoms with van der Waals surface area (Å²) in [5, 5.41) is 3.15. The molecular formula is C17H22N2O. The number of aromatic nitrogens is 1. The van der Waals surface area contributed by atoms with Crippen molar-refractivity contribution in [1.82, 2.24) is 10.3 Å². The lowest BCUT2D eigenvalue weighted by Crippen LogP contribution is -2.50. The quantitative estimate of drug-likeness (QED) is 0.917. The number of carbonyl (C=O) groups excluding carboxylic acids is 1. The van der Waals surface area contributed by atoms with E-state index < -0.39 is 0 Å². The second kappa shape index (κ2) is 4.87. The molecule has 3 nitrogen and oxygen atoms in total. The molecular weight excluding hydrogens is 248 g/mol. The molecule has 0 radical (unpaired) electrons. The van der Waals surface area contributed by atoms with E-state index in [9.17, 15) is 4.79 Å². The predicted octanol–water partition coefficient (Wildman–Crippen LogP) is 2.77. The highest BCUT2D eigenvalue weighted by Gasteiger charge is 2.50. The normalized spacial score (nSPS) is 37.9. The topological polar surface area (TPSA) is 42.0 Å². The first-order valence-electron chi connectivity index (χ1n) is 7.96. The summed E-state index contributed by atoms with van der Waals surface area (Å²) in [6.07, 6.45) is 10.3. The zero-order valence-electron chi connectivity index (χ0n) is 11.8. The monoisotopic (exact) mass is 270 g/mol. The third-order valence-corrected chi connectivity index (χ3v) is 5.72. The van der Waals surface area contributed by atoms with Crippen LogP contribution in [0.4, 0.5) is 0 Å². The summed E-state index contributed by atoms with van der Waals surface area (Å²) in [4.78, 5) is 16.7. The molecule has 0 saturated heterocycles. The molecule has 0 unspecified atom stereocenters. The van der Waals surface area contributed by atoms with Gasteiger partial charge < -0.3 is 5.32 Å². The van der Waals surface area contributed by atoms with Crippen molar-refractivity contribution in [2.24, 2.45) is 29.6 Å². The zero-order chi connectivity index (χ0) is 13.5. The lowest BCUT2D eigenvalue weighted by atomic mass is 9.51. The minimum atomic E-state index is 0.291. The molecule has 0 spiro atoms. The summed E-state index contributed by atoms with van der Waals surface area (Å²) in [5.41, 5.74) is 1.09. The van der Waals surface area contributed by atoms with E-state index >= 15 is 0 Å². The summed E-state index contributed by atoms with van der Waals surface area (Å²) in [6, 6.07) is 3.94. The van der Waals surface area contributed by atoms with Crippen LogP contribution in [0.3, 0.4) is 0 Å². The number of nitrogens with zero attached hydrogens (tertiary/aromatic N) is 1. The fourth-order valence-electron chi connectivity index (χ4n) is 5.16. The van der Waals surface area contributed by atoms with Crippen LogP contribution in [0.5, 0.6) is 0 Å². The van der Waals surface area contributed by atoms with E-state index in [-0.39, 0.29) is 0 Å². The van der Waals surface area contributed by atoms with E-state index in [1.807, 2.05) is 18.3 Å². The Hall–Kier alpha value is -1.38. The molecule has 5 rings (SSSR count). The van der Waals surface area contributed by atoms with Crippen LogP contribution < -0.4 is 5.32 Å². The number of hydrogen-bond donors (Lipinski definition) is 1. The van der Waals surface area contributed by atoms with Crippen LogP contribution in [-0.2, 0) is 11.3 Å². The highest BCUT2D eigenvalue weighted by atomic mass is 16.1. The molecule has 4 fully saturated rings. The first-order valence-corrected chi connectivity index (χ1v) is 7.96. The smallest absolute Gasteiger partial charge is 0.223 e. The number of rotatable bonds is 3. The van der Waals surface area contributed by atoms with Gasteiger partial charge >= 0.3 is 0 Å². The van der Waals surface area contributed by atoms with Crippen LogP contribution in [-0.4, -0.2) is 10.9 Å². The first-order chi connectivity index (χ1) is 9.79. The van der Waals surface area contributed by atoms with Gasteiger partial charge in [0.2, 0.25) is 5.91 Å². The molecule has 4 aliphatic carbocycles. The molecule has 1 aromatic heterocycles. The Balaban J connectivity index is 1.41. The average molecular weight is 270 g/mol. The van der Waals surface area contributed by atoms with Crippen molar-refractivity contribution in [1.29, 1.82) is 0 Å². The molecule has 106 valence electrons. The summed E-state index contributed by atoms with van der Waals surface area (Å²) in [7, 11) is 0. The third kappa shape index (κ3) is 2.13. The van der Waals surface area contributed by atoms with Gasteiger partial charge in [-0.15, -0.1) is 0 Å². The average Bonchev–Trinajstić information content (AvgIpc) is 2.45. The van der Waals surface area contributed by atoms with Crippen molar-refractivity contribution >= 4 is 5.91 Å². The van der Waals surface area contributed by atoms with Gasteiger partial charge in [0, 0.05) is 24.9 Å². The molecule has 3 heteroatoms. The lowest BCUT2D eigenvalue weighted by molar-refractivity contribution is -0.138. The van der Waals surface area contributed by atoms with E-state index in [1.54, 1.807) is 6.20 Å². The second-order valence-corrected chi connectivity index (χ2v) is 7.04. The molecule has 4 bridgehead atoms. The standard InChI is InChI=1S/C17H22N2O/c20-17(19-10-11-2-1-3-18-9-11)16-14-5-12-4-13(7-14)8-15(16)6-12/h1-3,9,12-16H,4-8,10H2,(H,19,20). The van der Waals surface area contributed by atoms with Crippen LogP contribution in [0.15, 0.2) is 24.5 Å². The molecule has 1 amide bonds. The van der Waals surface area contributed by atoms with E-state index in [0.717, 1.165) is 17.4 Å². The van der Waals surface area contributed by atoms with E-state index in [2.05, 4.69) is 10.3 Å². The molecule has 1 aromatic rings. The van der Waals surface area contributed by atoms with Gasteiger partial charge in [-0.25, -0.2) is 0 Å². The van der Waals surface area contributed by atoms with Crippen LogP contribution >= 0.6 is 0 Å². The number of hydrogen-bond acceptors (Lipinski definition) is 2. The predicted molar refractivity (Wildman–Crippen MR) is 76.6 cm³/mol. The first kappa shape index (κ1) is 12.4. The van der Waals surface area contributed by atoms with Gasteiger partial charge in [0.15, 0.2) is 0 Å². The Morgan fingerprint density at radius 3 is 2.45 bits per heavy atom. The summed E-state index contributed by atoms with van der Waals surface area (Å²) in [5.74, 6) is 3.78. The SMILES string of the molecule is O=C(NCc1cccnc1)C1C2CC3CC(C2)CC1C3. The number of carbonyl (C=O) groups is 1. The lowest BCUT2D eigenvalue weighted by Gasteiger charge is -2.53. The molecule has 0 atom stereocenters. The van der Waals surface area contributed by atoms with E-state index in [0.29, 0.717) is 30.2 Å². The van der Waals surface area contributed by atoms with Crippen molar-refractivity contribution in [2.75, 3.05) is 0 Å². The fourth-order valence-corrected chi connectivity index (χ4v) is 5.16. The largest absolute Gasteiger partial charge is 0.352 e. The molecule has 20 heavy (non-hydrogen) atoms. The van der Waals surface area contributed by atoms with Crippen LogP contribution in [0.2, 0.25) is 0 Å². The van der Waals surface area contributed by atoms with Crippen LogP contribution in [0.25, 0.3) is 0 Å². The van der Waals surface area contributed by atoms with Gasteiger partial charge in [-0.3, -0.25) is 9.78 Å². The second-order valence-electron chi connectivity index (χ2n) is 7.04. The summed E-state index contributed by atoms with van der Waals surface area (Å²) < 4.78 is 0. The maximum absolute atomic E-state index is 12.6. The van der Waals surface area contributed by atoms with Crippen molar-refractivity contribution < 1.29 is 4.79 Å². The summed E-state index contributed by atoms with van der Waals surface area (Å²) >= 11 is 0. The third-order valence-electron chi connectivity index (χ3n) is 5.72. The van der Waals surface area contributed by atoms with Gasteiger partial charge in [-0.1, -0.05) is 6.07 Å². The number of nitrogens with one attached hydrogen (secondary N) is 1. The molecule has 1 N–H and O–H groups in total. The molecule has 0 aromatic carbocycles. The Labute approximate surface area is 120 Å². The van der Waals surface area contributed by atoms with Crippen LogP contribution in [0, 0.1) is 29.6 Å². The van der Waals surface area contributed by atoms with Crippen LogP contribution in [0.1, 0.15) is 37.7 Å². The molecule has 0 aliphatic heterocycles. The van der Waals surface area contributed by atoms with Crippen molar-refractivity contribution in [3.63, 3.8) is 0 Å². The minimum Gasteiger partial charge on any atom is -0.352 e. The maximum Gasteiger partial charge on any atom is 0.223 e. The molecule has 1 heterocycles. The van der Waals surface area contributed by atoms with E-state index in [1.165, 1.54) is 32.1 Å². The number of amides is 1. The highest BCUT2D eigenvalue weighted by molar-refractivity contribution is 5.79. The Kier molecular flexibility index (Phi) is 3.01. The van der Waals surface area contributed by atoms with Gasteiger partial charge in [0.05, 0.1) is 0 Å². The fraction of sp³-hybridized carbons (Fsp3) is 0.647. The van der Waals surface area contributed by atoms with E-state index in [4.69, 9.17) is 0 Å². The Morgan fingerprint density at radius 2 is 1.85 bits per heavy atom. The van der Waals surface area contributed by atoms with Crippen molar-refractivity contribution in [3.8, 4) is 0 Å². The van der Waals surface area contributed by atoms with Gasteiger partial charge in [-0.2, -0.15) is 0 Å². The van der Waals surface area contributed by atoms with Crippen molar-refractivity contribution in [2.45, 2.75) is 38.6 Å². The highest BCUT2D eigenvalue weighted by Crippen LogP contribution is 2.56. The van der Waals surface area contributed by atoms with Gasteiger partial charge in [-0.05, 0) is 67.4 Å². The number of pyridine rings is 1. The van der Waals surface area contributed by atoms with Gasteiger partial charge in [0.25, 0.3) is 0 Å². The Morgan fingerprint density at radius 1 is 1.15 bits per heavy atom. The zero-order valence-corrected chi connectivity index (χ0v) is 11.8. The molecule has 4 saturated carbocycles. The summed E-state index contributed by atoms with van der Waals surface area (Å²) in [6.45, 7) is 0.621.